The Kier molecular flexibility index (Phi) is 6.41. The van der Waals surface area contributed by atoms with Gasteiger partial charge in [0.1, 0.15) is 5.60 Å². The van der Waals surface area contributed by atoms with Crippen molar-refractivity contribution in [2.45, 2.75) is 59.1 Å². The Hall–Kier alpha value is -0.770. The molecule has 0 aromatic rings. The molecule has 0 bridgehead atoms. The van der Waals surface area contributed by atoms with Gasteiger partial charge in [-0.3, -0.25) is 0 Å². The molecule has 4 nitrogen and oxygen atoms in total. The second-order valence-electron chi connectivity index (χ2n) is 5.20. The number of carbonyl (C=O) groups is 1. The van der Waals surface area contributed by atoms with Crippen molar-refractivity contribution in [3.8, 4) is 0 Å². The molecule has 0 saturated carbocycles. The molecule has 0 rings (SSSR count). The predicted molar refractivity (Wildman–Crippen MR) is 64.3 cm³/mol. The van der Waals surface area contributed by atoms with E-state index in [0.29, 0.717) is 0 Å². The third-order valence-electron chi connectivity index (χ3n) is 2.33. The lowest BCUT2D eigenvalue weighted by Crippen LogP contribution is -2.44. The van der Waals surface area contributed by atoms with Crippen molar-refractivity contribution in [2.24, 2.45) is 5.92 Å². The molecule has 0 radical (unpaired) electrons. The summed E-state index contributed by atoms with van der Waals surface area (Å²) in [6.45, 7) is 9.49. The van der Waals surface area contributed by atoms with E-state index in [0.717, 1.165) is 12.8 Å². The number of nitrogens with one attached hydrogen (secondary N) is 1. The maximum absolute atomic E-state index is 11.5. The minimum Gasteiger partial charge on any atom is -0.444 e. The van der Waals surface area contributed by atoms with Crippen molar-refractivity contribution in [2.75, 3.05) is 6.61 Å². The van der Waals surface area contributed by atoms with Gasteiger partial charge >= 0.3 is 6.09 Å². The van der Waals surface area contributed by atoms with Gasteiger partial charge in [0.2, 0.25) is 0 Å². The summed E-state index contributed by atoms with van der Waals surface area (Å²) in [5, 5.41) is 11.9. The van der Waals surface area contributed by atoms with Gasteiger partial charge in [-0.1, -0.05) is 20.3 Å². The van der Waals surface area contributed by atoms with Crippen LogP contribution < -0.4 is 5.32 Å². The lowest BCUT2D eigenvalue weighted by molar-refractivity contribution is 0.0455. The second-order valence-corrected chi connectivity index (χ2v) is 5.20. The van der Waals surface area contributed by atoms with Crippen molar-refractivity contribution >= 4 is 6.09 Å². The van der Waals surface area contributed by atoms with Gasteiger partial charge in [-0.25, -0.2) is 4.79 Å². The van der Waals surface area contributed by atoms with Crippen LogP contribution in [0.15, 0.2) is 0 Å². The Morgan fingerprint density at radius 3 is 2.38 bits per heavy atom. The fourth-order valence-corrected chi connectivity index (χ4v) is 1.48. The smallest absolute Gasteiger partial charge is 0.407 e. The number of amides is 1. The SMILES string of the molecule is CCCC(C)C(CO)NC(=O)OC(C)(C)C. The maximum Gasteiger partial charge on any atom is 0.407 e. The van der Waals surface area contributed by atoms with Gasteiger partial charge < -0.3 is 15.2 Å². The zero-order valence-corrected chi connectivity index (χ0v) is 11.0. The standard InChI is InChI=1S/C12H25NO3/c1-6-7-9(2)10(8-14)13-11(15)16-12(3,4)5/h9-10,14H,6-8H2,1-5H3,(H,13,15). The molecule has 1 amide bonds. The molecule has 0 aromatic heterocycles. The summed E-state index contributed by atoms with van der Waals surface area (Å²) in [6.07, 6.45) is 1.55. The molecule has 0 aromatic carbocycles. The molecule has 4 heteroatoms. The van der Waals surface area contributed by atoms with Crippen LogP contribution in [0.4, 0.5) is 4.79 Å². The van der Waals surface area contributed by atoms with Crippen LogP contribution in [0.1, 0.15) is 47.5 Å². The summed E-state index contributed by atoms with van der Waals surface area (Å²) in [7, 11) is 0. The summed E-state index contributed by atoms with van der Waals surface area (Å²) < 4.78 is 5.14. The summed E-state index contributed by atoms with van der Waals surface area (Å²) in [6, 6.07) is -0.227. The van der Waals surface area contributed by atoms with E-state index < -0.39 is 11.7 Å². The van der Waals surface area contributed by atoms with E-state index in [9.17, 15) is 9.90 Å². The van der Waals surface area contributed by atoms with E-state index in [-0.39, 0.29) is 18.6 Å². The van der Waals surface area contributed by atoms with Crippen LogP contribution in [0.25, 0.3) is 0 Å². The molecule has 0 heterocycles. The lowest BCUT2D eigenvalue weighted by Gasteiger charge is -2.25. The molecule has 0 aliphatic rings. The van der Waals surface area contributed by atoms with Gasteiger partial charge in [-0.15, -0.1) is 0 Å². The molecular formula is C12H25NO3. The molecular weight excluding hydrogens is 206 g/mol. The number of alkyl carbamates (subject to hydrolysis) is 1. The van der Waals surface area contributed by atoms with E-state index >= 15 is 0 Å². The Morgan fingerprint density at radius 1 is 1.44 bits per heavy atom. The summed E-state index contributed by atoms with van der Waals surface area (Å²) >= 11 is 0. The van der Waals surface area contributed by atoms with Crippen LogP contribution in [-0.2, 0) is 4.74 Å². The largest absolute Gasteiger partial charge is 0.444 e. The molecule has 96 valence electrons. The fourth-order valence-electron chi connectivity index (χ4n) is 1.48. The zero-order chi connectivity index (χ0) is 12.8. The number of ether oxygens (including phenoxy) is 1. The zero-order valence-electron chi connectivity index (χ0n) is 11.0. The first-order chi connectivity index (χ1) is 7.30. The average Bonchev–Trinajstić information content (AvgIpc) is 2.11. The maximum atomic E-state index is 11.5. The first-order valence-electron chi connectivity index (χ1n) is 5.90. The van der Waals surface area contributed by atoms with Gasteiger partial charge in [0.05, 0.1) is 12.6 Å². The Bertz CT molecular complexity index is 211. The topological polar surface area (TPSA) is 58.6 Å². The van der Waals surface area contributed by atoms with Crippen LogP contribution >= 0.6 is 0 Å². The Balaban J connectivity index is 4.16. The third-order valence-corrected chi connectivity index (χ3v) is 2.33. The molecule has 2 atom stereocenters. The first-order valence-corrected chi connectivity index (χ1v) is 5.90. The summed E-state index contributed by atoms with van der Waals surface area (Å²) in [4.78, 5) is 11.5. The van der Waals surface area contributed by atoms with Crippen LogP contribution in [0.2, 0.25) is 0 Å². The normalized spacial score (nSPS) is 15.4. The van der Waals surface area contributed by atoms with Crippen LogP contribution in [-0.4, -0.2) is 29.4 Å². The van der Waals surface area contributed by atoms with Gasteiger partial charge in [0, 0.05) is 0 Å². The average molecular weight is 231 g/mol. The number of hydrogen-bond acceptors (Lipinski definition) is 3. The predicted octanol–water partition coefficient (Wildman–Crippen LogP) is 2.31. The lowest BCUT2D eigenvalue weighted by atomic mass is 9.98. The fraction of sp³-hybridized carbons (Fsp3) is 0.917. The number of hydrogen-bond donors (Lipinski definition) is 2. The van der Waals surface area contributed by atoms with E-state index in [1.807, 2.05) is 27.7 Å². The molecule has 0 fully saturated rings. The number of rotatable bonds is 5. The van der Waals surface area contributed by atoms with Gasteiger partial charge in [0.15, 0.2) is 0 Å². The highest BCUT2D eigenvalue weighted by molar-refractivity contribution is 5.68. The summed E-state index contributed by atoms with van der Waals surface area (Å²) in [5.41, 5.74) is -0.502. The summed E-state index contributed by atoms with van der Waals surface area (Å²) in [5.74, 6) is 0.252. The third kappa shape index (κ3) is 6.67. The van der Waals surface area contributed by atoms with Crippen molar-refractivity contribution in [1.29, 1.82) is 0 Å². The molecule has 2 unspecified atom stereocenters. The first kappa shape index (κ1) is 15.2. The molecule has 0 aliphatic carbocycles. The second kappa shape index (κ2) is 6.74. The van der Waals surface area contributed by atoms with Crippen molar-refractivity contribution in [3.05, 3.63) is 0 Å². The van der Waals surface area contributed by atoms with E-state index in [2.05, 4.69) is 12.2 Å². The van der Waals surface area contributed by atoms with E-state index in [4.69, 9.17) is 4.74 Å². The molecule has 16 heavy (non-hydrogen) atoms. The number of carbonyl (C=O) groups excluding carboxylic acids is 1. The minimum atomic E-state index is -0.502. The molecule has 0 spiro atoms. The molecule has 2 N–H and O–H groups in total. The van der Waals surface area contributed by atoms with Gasteiger partial charge in [0.25, 0.3) is 0 Å². The van der Waals surface area contributed by atoms with Crippen LogP contribution in [0.5, 0.6) is 0 Å². The quantitative estimate of drug-likeness (QED) is 0.763. The van der Waals surface area contributed by atoms with E-state index in [1.54, 1.807) is 0 Å². The van der Waals surface area contributed by atoms with E-state index in [1.165, 1.54) is 0 Å². The number of aliphatic hydroxyl groups excluding tert-OH is 1. The Morgan fingerprint density at radius 2 is 2.00 bits per heavy atom. The van der Waals surface area contributed by atoms with Crippen molar-refractivity contribution in [1.82, 2.24) is 5.32 Å². The molecule has 0 saturated heterocycles. The number of aliphatic hydroxyl groups is 1. The van der Waals surface area contributed by atoms with Gasteiger partial charge in [-0.2, -0.15) is 0 Å². The monoisotopic (exact) mass is 231 g/mol. The highest BCUT2D eigenvalue weighted by Crippen LogP contribution is 2.12. The highest BCUT2D eigenvalue weighted by atomic mass is 16.6. The van der Waals surface area contributed by atoms with Crippen molar-refractivity contribution in [3.63, 3.8) is 0 Å². The van der Waals surface area contributed by atoms with Crippen LogP contribution in [0, 0.1) is 5.92 Å². The van der Waals surface area contributed by atoms with Gasteiger partial charge in [-0.05, 0) is 33.1 Å². The molecule has 0 aliphatic heterocycles. The van der Waals surface area contributed by atoms with Crippen LogP contribution in [0.3, 0.4) is 0 Å². The Labute approximate surface area is 98.4 Å². The van der Waals surface area contributed by atoms with Crippen molar-refractivity contribution < 1.29 is 14.6 Å². The highest BCUT2D eigenvalue weighted by Gasteiger charge is 2.22. The minimum absolute atomic E-state index is 0.0551.